The highest BCUT2D eigenvalue weighted by Gasteiger charge is 2.41. The number of hydrogen-bond acceptors (Lipinski definition) is 4. The third-order valence-electron chi connectivity index (χ3n) is 4.40. The number of carbonyl (C=O) groups excluding carboxylic acids is 2. The van der Waals surface area contributed by atoms with Crippen LogP contribution in [0.3, 0.4) is 0 Å². The summed E-state index contributed by atoms with van der Waals surface area (Å²) in [5.74, 6) is -1.16. The lowest BCUT2D eigenvalue weighted by atomic mass is 9.81. The standard InChI is InChI=1S/C18H23NO5/c1-12(20)14-7-6-8-15(11-14)24-13(2)16(21)19-18(17(22)23)9-4-3-5-10-18/h6-8,11,13H,3-5,9-10H2,1-2H3,(H,19,21)(H,22,23). The second-order valence-electron chi connectivity index (χ2n) is 6.28. The molecule has 0 saturated heterocycles. The summed E-state index contributed by atoms with van der Waals surface area (Å²) in [6, 6.07) is 6.57. The molecule has 24 heavy (non-hydrogen) atoms. The van der Waals surface area contributed by atoms with E-state index in [9.17, 15) is 19.5 Å². The highest BCUT2D eigenvalue weighted by molar-refractivity contribution is 5.94. The van der Waals surface area contributed by atoms with E-state index in [4.69, 9.17) is 4.74 Å². The number of carboxylic acids is 1. The molecule has 2 N–H and O–H groups in total. The monoisotopic (exact) mass is 333 g/mol. The number of rotatable bonds is 6. The van der Waals surface area contributed by atoms with Gasteiger partial charge in [-0.2, -0.15) is 0 Å². The Morgan fingerprint density at radius 2 is 1.88 bits per heavy atom. The van der Waals surface area contributed by atoms with Crippen molar-refractivity contribution in [2.24, 2.45) is 0 Å². The minimum absolute atomic E-state index is 0.0930. The van der Waals surface area contributed by atoms with Gasteiger partial charge in [-0.15, -0.1) is 0 Å². The smallest absolute Gasteiger partial charge is 0.329 e. The van der Waals surface area contributed by atoms with Crippen LogP contribution in [0, 0.1) is 0 Å². The first-order valence-electron chi connectivity index (χ1n) is 8.17. The van der Waals surface area contributed by atoms with Crippen molar-refractivity contribution in [2.45, 2.75) is 57.6 Å². The van der Waals surface area contributed by atoms with Gasteiger partial charge in [0.15, 0.2) is 11.9 Å². The molecular formula is C18H23NO5. The van der Waals surface area contributed by atoms with Gasteiger partial charge in [-0.1, -0.05) is 31.4 Å². The van der Waals surface area contributed by atoms with Gasteiger partial charge in [0.25, 0.3) is 5.91 Å². The summed E-state index contributed by atoms with van der Waals surface area (Å²) in [5, 5.41) is 12.2. The van der Waals surface area contributed by atoms with Crippen molar-refractivity contribution < 1.29 is 24.2 Å². The number of aliphatic carboxylic acids is 1. The number of Topliss-reactive ketones (excluding diaryl/α,β-unsaturated/α-hetero) is 1. The fraction of sp³-hybridized carbons (Fsp3) is 0.500. The maximum absolute atomic E-state index is 12.4. The van der Waals surface area contributed by atoms with Gasteiger partial charge in [0.05, 0.1) is 0 Å². The van der Waals surface area contributed by atoms with E-state index >= 15 is 0 Å². The molecule has 1 aromatic carbocycles. The molecule has 6 heteroatoms. The molecule has 130 valence electrons. The first-order valence-corrected chi connectivity index (χ1v) is 8.17. The summed E-state index contributed by atoms with van der Waals surface area (Å²) in [6.07, 6.45) is 2.55. The topological polar surface area (TPSA) is 92.7 Å². The lowest BCUT2D eigenvalue weighted by molar-refractivity contribution is -0.150. The Labute approximate surface area is 141 Å². The first kappa shape index (κ1) is 18.0. The minimum atomic E-state index is -1.20. The van der Waals surface area contributed by atoms with E-state index in [1.54, 1.807) is 31.2 Å². The van der Waals surface area contributed by atoms with E-state index in [1.807, 2.05) is 0 Å². The average Bonchev–Trinajstić information content (AvgIpc) is 2.55. The zero-order valence-corrected chi connectivity index (χ0v) is 14.0. The number of nitrogens with one attached hydrogen (secondary N) is 1. The van der Waals surface area contributed by atoms with E-state index in [0.29, 0.717) is 24.2 Å². The lowest BCUT2D eigenvalue weighted by Gasteiger charge is -2.34. The third kappa shape index (κ3) is 4.13. The van der Waals surface area contributed by atoms with Crippen molar-refractivity contribution in [3.8, 4) is 5.75 Å². The minimum Gasteiger partial charge on any atom is -0.481 e. The van der Waals surface area contributed by atoms with Gasteiger partial charge < -0.3 is 15.2 Å². The summed E-state index contributed by atoms with van der Waals surface area (Å²) in [7, 11) is 0. The van der Waals surface area contributed by atoms with E-state index in [2.05, 4.69) is 5.32 Å². The van der Waals surface area contributed by atoms with Gasteiger partial charge in [-0.25, -0.2) is 4.79 Å². The number of hydrogen-bond donors (Lipinski definition) is 2. The molecule has 0 spiro atoms. The Morgan fingerprint density at radius 1 is 1.21 bits per heavy atom. The van der Waals surface area contributed by atoms with Crippen molar-refractivity contribution in [3.63, 3.8) is 0 Å². The van der Waals surface area contributed by atoms with Crippen molar-refractivity contribution in [3.05, 3.63) is 29.8 Å². The molecule has 0 bridgehead atoms. The summed E-state index contributed by atoms with van der Waals surface area (Å²) in [6.45, 7) is 3.02. The summed E-state index contributed by atoms with van der Waals surface area (Å²) >= 11 is 0. The molecule has 1 atom stereocenters. The number of carboxylic acid groups (broad SMARTS) is 1. The van der Waals surface area contributed by atoms with Crippen LogP contribution in [-0.4, -0.2) is 34.4 Å². The van der Waals surface area contributed by atoms with Crippen molar-refractivity contribution in [1.29, 1.82) is 0 Å². The molecule has 1 amide bonds. The van der Waals surface area contributed by atoms with Gasteiger partial charge in [0.1, 0.15) is 11.3 Å². The molecule has 0 radical (unpaired) electrons. The Kier molecular flexibility index (Phi) is 5.59. The van der Waals surface area contributed by atoms with Crippen LogP contribution >= 0.6 is 0 Å². The Balaban J connectivity index is 2.05. The largest absolute Gasteiger partial charge is 0.481 e. The highest BCUT2D eigenvalue weighted by Crippen LogP contribution is 2.28. The van der Waals surface area contributed by atoms with E-state index in [0.717, 1.165) is 19.3 Å². The molecule has 1 aliphatic rings. The second-order valence-corrected chi connectivity index (χ2v) is 6.28. The van der Waals surface area contributed by atoms with Gasteiger partial charge in [-0.3, -0.25) is 9.59 Å². The van der Waals surface area contributed by atoms with Crippen LogP contribution in [0.25, 0.3) is 0 Å². The first-order chi connectivity index (χ1) is 11.3. The van der Waals surface area contributed by atoms with Crippen molar-refractivity contribution in [1.82, 2.24) is 5.32 Å². The van der Waals surface area contributed by atoms with Gasteiger partial charge >= 0.3 is 5.97 Å². The Hall–Kier alpha value is -2.37. The van der Waals surface area contributed by atoms with E-state index in [1.165, 1.54) is 6.92 Å². The fourth-order valence-electron chi connectivity index (χ4n) is 2.93. The molecular weight excluding hydrogens is 310 g/mol. The molecule has 1 unspecified atom stereocenters. The van der Waals surface area contributed by atoms with Gasteiger partial charge in [-0.05, 0) is 38.8 Å². The molecule has 1 fully saturated rings. The summed E-state index contributed by atoms with van der Waals surface area (Å²) in [4.78, 5) is 35.4. The van der Waals surface area contributed by atoms with Crippen LogP contribution in [0.2, 0.25) is 0 Å². The molecule has 1 aliphatic carbocycles. The number of ether oxygens (including phenoxy) is 1. The van der Waals surface area contributed by atoms with Gasteiger partial charge in [0.2, 0.25) is 0 Å². The van der Waals surface area contributed by atoms with Crippen LogP contribution in [-0.2, 0) is 9.59 Å². The Bertz CT molecular complexity index is 634. The predicted molar refractivity (Wildman–Crippen MR) is 88.1 cm³/mol. The molecule has 0 aliphatic heterocycles. The second kappa shape index (κ2) is 7.47. The van der Waals surface area contributed by atoms with Gasteiger partial charge in [0, 0.05) is 5.56 Å². The molecule has 2 rings (SSSR count). The summed E-state index contributed by atoms with van der Waals surface area (Å²) in [5.41, 5.74) is -0.705. The molecule has 0 heterocycles. The third-order valence-corrected chi connectivity index (χ3v) is 4.40. The molecule has 6 nitrogen and oxygen atoms in total. The van der Waals surface area contributed by atoms with E-state index < -0.39 is 23.5 Å². The molecule has 1 aromatic rings. The SMILES string of the molecule is CC(=O)c1cccc(OC(C)C(=O)NC2(C(=O)O)CCCCC2)c1. The van der Waals surface area contributed by atoms with Crippen LogP contribution in [0.1, 0.15) is 56.3 Å². The maximum atomic E-state index is 12.4. The van der Waals surface area contributed by atoms with Crippen molar-refractivity contribution >= 4 is 17.7 Å². The number of benzene rings is 1. The maximum Gasteiger partial charge on any atom is 0.329 e. The number of carbonyl (C=O) groups is 3. The Morgan fingerprint density at radius 3 is 2.46 bits per heavy atom. The van der Waals surface area contributed by atoms with Crippen LogP contribution in [0.15, 0.2) is 24.3 Å². The van der Waals surface area contributed by atoms with Crippen LogP contribution in [0.5, 0.6) is 5.75 Å². The zero-order chi connectivity index (χ0) is 17.7. The predicted octanol–water partition coefficient (Wildman–Crippen LogP) is 2.56. The fourth-order valence-corrected chi connectivity index (χ4v) is 2.93. The number of ketones is 1. The average molecular weight is 333 g/mol. The quantitative estimate of drug-likeness (QED) is 0.781. The van der Waals surface area contributed by atoms with Crippen LogP contribution in [0.4, 0.5) is 0 Å². The molecule has 0 aromatic heterocycles. The normalized spacial score (nSPS) is 17.6. The summed E-state index contributed by atoms with van der Waals surface area (Å²) < 4.78 is 5.58. The highest BCUT2D eigenvalue weighted by atomic mass is 16.5. The number of amides is 1. The van der Waals surface area contributed by atoms with E-state index in [-0.39, 0.29) is 5.78 Å². The lowest BCUT2D eigenvalue weighted by Crippen LogP contribution is -2.58. The van der Waals surface area contributed by atoms with Crippen LogP contribution < -0.4 is 10.1 Å². The molecule has 1 saturated carbocycles. The van der Waals surface area contributed by atoms with Crippen molar-refractivity contribution in [2.75, 3.05) is 0 Å². The zero-order valence-electron chi connectivity index (χ0n) is 14.0.